The molecule has 10 rings (SSSR count). The molecule has 3 heteroatoms. The highest BCUT2D eigenvalue weighted by Crippen LogP contribution is 2.51. The zero-order valence-electron chi connectivity index (χ0n) is 29.6. The topological polar surface area (TPSA) is 8.17 Å². The first-order valence-corrected chi connectivity index (χ1v) is 18.9. The summed E-state index contributed by atoms with van der Waals surface area (Å²) in [7, 11) is 0. The molecule has 0 fully saturated rings. The quantitative estimate of drug-likeness (QED) is 0.175. The van der Waals surface area contributed by atoms with Crippen molar-refractivity contribution in [1.29, 1.82) is 0 Å². The molecule has 0 aliphatic carbocycles. The summed E-state index contributed by atoms with van der Waals surface area (Å²) in [5.41, 5.74) is 13.5. The predicted molar refractivity (Wildman–Crippen MR) is 226 cm³/mol. The van der Waals surface area contributed by atoms with Crippen molar-refractivity contribution >= 4 is 70.8 Å². The molecule has 2 aromatic heterocycles. The van der Waals surface area contributed by atoms with Crippen molar-refractivity contribution in [1.82, 2.24) is 4.57 Å². The lowest BCUT2D eigenvalue weighted by Gasteiger charge is -2.31. The van der Waals surface area contributed by atoms with Gasteiger partial charge in [-0.25, -0.2) is 0 Å². The number of hydrogen-bond acceptors (Lipinski definition) is 2. The van der Waals surface area contributed by atoms with E-state index in [1.54, 1.807) is 0 Å². The third-order valence-corrected chi connectivity index (χ3v) is 12.8. The Labute approximate surface area is 308 Å². The minimum atomic E-state index is -0.0454. The van der Waals surface area contributed by atoms with Gasteiger partial charge in [-0.15, -0.1) is 11.3 Å². The van der Waals surface area contributed by atoms with Crippen molar-refractivity contribution in [2.75, 3.05) is 4.90 Å². The smallest absolute Gasteiger partial charge is 0.0545 e. The molecule has 0 bridgehead atoms. The molecule has 52 heavy (non-hydrogen) atoms. The average molecular weight is 687 g/mol. The Morgan fingerprint density at radius 1 is 0.596 bits per heavy atom. The fraction of sp³-hybridized carbons (Fsp3) is 0.102. The van der Waals surface area contributed by atoms with Crippen LogP contribution in [0.1, 0.15) is 31.9 Å². The molecule has 0 radical (unpaired) electrons. The van der Waals surface area contributed by atoms with Gasteiger partial charge in [-0.3, -0.25) is 0 Å². The molecule has 0 N–H and O–H groups in total. The molecule has 0 spiro atoms. The van der Waals surface area contributed by atoms with E-state index < -0.39 is 0 Å². The second kappa shape index (κ2) is 11.6. The zero-order chi connectivity index (χ0) is 35.1. The van der Waals surface area contributed by atoms with Crippen LogP contribution in [0.5, 0.6) is 0 Å². The summed E-state index contributed by atoms with van der Waals surface area (Å²) in [6.07, 6.45) is 1.91. The summed E-state index contributed by atoms with van der Waals surface area (Å²) in [5, 5.41) is 5.18. The number of nitrogens with zero attached hydrogens (tertiary/aromatic N) is 2. The lowest BCUT2D eigenvalue weighted by Crippen LogP contribution is -2.36. The molecular weight excluding hydrogens is 649 g/mol. The summed E-state index contributed by atoms with van der Waals surface area (Å²) in [6.45, 7) is 11.1. The Bertz CT molecular complexity index is 2850. The van der Waals surface area contributed by atoms with Gasteiger partial charge in [-0.05, 0) is 101 Å². The van der Waals surface area contributed by atoms with E-state index in [0.717, 1.165) is 11.3 Å². The number of para-hydroxylation sites is 1. The Balaban J connectivity index is 1.19. The van der Waals surface area contributed by atoms with E-state index in [0.29, 0.717) is 6.04 Å². The highest BCUT2D eigenvalue weighted by molar-refractivity contribution is 7.26. The highest BCUT2D eigenvalue weighted by Gasteiger charge is 2.43. The van der Waals surface area contributed by atoms with E-state index in [4.69, 9.17) is 0 Å². The lowest BCUT2D eigenvalue weighted by atomic mass is 9.81. The fourth-order valence-electron chi connectivity index (χ4n) is 8.54. The van der Waals surface area contributed by atoms with Crippen LogP contribution in [0, 0.1) is 0 Å². The van der Waals surface area contributed by atoms with E-state index in [-0.39, 0.29) is 5.41 Å². The Morgan fingerprint density at radius 2 is 1.31 bits per heavy atom. The molecule has 3 heterocycles. The number of aromatic nitrogens is 1. The molecule has 1 unspecified atom stereocenters. The summed E-state index contributed by atoms with van der Waals surface area (Å²) in [4.78, 5) is 2.54. The summed E-state index contributed by atoms with van der Waals surface area (Å²) < 4.78 is 5.12. The van der Waals surface area contributed by atoms with Crippen molar-refractivity contribution in [2.24, 2.45) is 0 Å². The monoisotopic (exact) mass is 686 g/mol. The number of anilines is 2. The summed E-state index contributed by atoms with van der Waals surface area (Å²) in [5.74, 6) is 0. The molecule has 2 nitrogen and oxygen atoms in total. The Kier molecular flexibility index (Phi) is 6.87. The third kappa shape index (κ3) is 4.56. The van der Waals surface area contributed by atoms with Crippen LogP contribution in [0.15, 0.2) is 158 Å². The van der Waals surface area contributed by atoms with E-state index in [9.17, 15) is 0 Å². The van der Waals surface area contributed by atoms with E-state index in [2.05, 4.69) is 188 Å². The molecule has 0 saturated heterocycles. The molecule has 9 aromatic rings. The maximum atomic E-state index is 4.00. The van der Waals surface area contributed by atoms with E-state index in [1.165, 1.54) is 81.2 Å². The number of benzene rings is 7. The standard InChI is InChI=1S/C49H38N2S/c1-5-32-21-24-37(25-22-32)51-44-26-23-34(33-13-11-14-35(27-33)38-18-12-19-40-39-17-9-10-20-47(39)52-48(38)40)28-41(44)42-29-46-43(30-45(42)51)49(3,4)31(2)50(46)36-15-7-6-8-16-36/h5-31H,1H2,2-4H3. The number of thiophene rings is 1. The van der Waals surface area contributed by atoms with Gasteiger partial charge < -0.3 is 9.47 Å². The molecular formula is C49H38N2S. The van der Waals surface area contributed by atoms with Crippen LogP contribution in [0.25, 0.3) is 76.0 Å². The SMILES string of the molecule is C=Cc1ccc(-n2c3ccc(-c4cccc(-c5cccc6c5sc5ccccc56)c4)cc3c3cc4c(cc32)C(C)(C)C(C)N4c2ccccc2)cc1. The molecule has 1 aliphatic heterocycles. The van der Waals surface area contributed by atoms with Crippen LogP contribution in [0.3, 0.4) is 0 Å². The van der Waals surface area contributed by atoms with Crippen LogP contribution < -0.4 is 4.90 Å². The molecule has 0 amide bonds. The molecule has 250 valence electrons. The van der Waals surface area contributed by atoms with Crippen LogP contribution in [0.4, 0.5) is 11.4 Å². The number of hydrogen-bond donors (Lipinski definition) is 0. The second-order valence-electron chi connectivity index (χ2n) is 14.7. The van der Waals surface area contributed by atoms with Gasteiger partial charge in [0.25, 0.3) is 0 Å². The van der Waals surface area contributed by atoms with Gasteiger partial charge >= 0.3 is 0 Å². The number of rotatable bonds is 5. The van der Waals surface area contributed by atoms with Gasteiger partial charge in [0.1, 0.15) is 0 Å². The molecule has 1 atom stereocenters. The van der Waals surface area contributed by atoms with Gasteiger partial charge in [-0.1, -0.05) is 117 Å². The van der Waals surface area contributed by atoms with Gasteiger partial charge in [0.15, 0.2) is 0 Å². The average Bonchev–Trinajstić information content (AvgIpc) is 3.79. The normalized spacial score (nSPS) is 15.2. The fourth-order valence-corrected chi connectivity index (χ4v) is 9.77. The predicted octanol–water partition coefficient (Wildman–Crippen LogP) is 13.9. The molecule has 0 saturated carbocycles. The maximum Gasteiger partial charge on any atom is 0.0545 e. The third-order valence-electron chi connectivity index (χ3n) is 11.6. The first kappa shape index (κ1) is 30.9. The molecule has 7 aromatic carbocycles. The largest absolute Gasteiger partial charge is 0.338 e. The van der Waals surface area contributed by atoms with Crippen molar-refractivity contribution in [2.45, 2.75) is 32.2 Å². The summed E-state index contributed by atoms with van der Waals surface area (Å²) >= 11 is 1.89. The van der Waals surface area contributed by atoms with Gasteiger partial charge in [0.05, 0.1) is 11.0 Å². The van der Waals surface area contributed by atoms with Gasteiger partial charge in [0.2, 0.25) is 0 Å². The minimum Gasteiger partial charge on any atom is -0.338 e. The van der Waals surface area contributed by atoms with Crippen molar-refractivity contribution in [3.05, 3.63) is 169 Å². The zero-order valence-corrected chi connectivity index (χ0v) is 30.4. The Hall–Kier alpha value is -5.90. The Morgan fingerprint density at radius 3 is 2.13 bits per heavy atom. The van der Waals surface area contributed by atoms with E-state index in [1.807, 2.05) is 17.4 Å². The van der Waals surface area contributed by atoms with E-state index >= 15 is 0 Å². The van der Waals surface area contributed by atoms with Crippen LogP contribution in [-0.2, 0) is 5.41 Å². The second-order valence-corrected chi connectivity index (χ2v) is 15.8. The lowest BCUT2D eigenvalue weighted by molar-refractivity contribution is 0.462. The van der Waals surface area contributed by atoms with Crippen LogP contribution in [0.2, 0.25) is 0 Å². The summed E-state index contributed by atoms with van der Waals surface area (Å²) in [6, 6.07) is 56.4. The molecule has 1 aliphatic rings. The van der Waals surface area contributed by atoms with Crippen LogP contribution in [-0.4, -0.2) is 10.6 Å². The van der Waals surface area contributed by atoms with Crippen LogP contribution >= 0.6 is 11.3 Å². The van der Waals surface area contributed by atoms with Crippen molar-refractivity contribution in [3.63, 3.8) is 0 Å². The minimum absolute atomic E-state index is 0.0454. The highest BCUT2D eigenvalue weighted by atomic mass is 32.1. The first-order valence-electron chi connectivity index (χ1n) is 18.1. The first-order chi connectivity index (χ1) is 25.4. The van der Waals surface area contributed by atoms with Crippen molar-refractivity contribution < 1.29 is 0 Å². The van der Waals surface area contributed by atoms with Gasteiger partial charge in [0, 0.05) is 59.5 Å². The van der Waals surface area contributed by atoms with Crippen molar-refractivity contribution in [3.8, 4) is 27.9 Å². The maximum absolute atomic E-state index is 4.00. The van der Waals surface area contributed by atoms with Gasteiger partial charge in [-0.2, -0.15) is 0 Å². The number of fused-ring (bicyclic) bond motifs is 7.